The molecule has 188 valence electrons. The molecule has 10 nitrogen and oxygen atoms in total. The van der Waals surface area contributed by atoms with Crippen LogP contribution in [0.4, 0.5) is 5.69 Å². The minimum atomic E-state index is -0.447. The normalized spacial score (nSPS) is 19.5. The lowest BCUT2D eigenvalue weighted by molar-refractivity contribution is -0.150. The maximum Gasteiger partial charge on any atom is 0.303 e. The van der Waals surface area contributed by atoms with Crippen molar-refractivity contribution in [3.63, 3.8) is 0 Å². The summed E-state index contributed by atoms with van der Waals surface area (Å²) in [6.45, 7) is 5.86. The number of amides is 2. The van der Waals surface area contributed by atoms with E-state index in [0.29, 0.717) is 60.7 Å². The first-order valence-corrected chi connectivity index (χ1v) is 11.8. The maximum absolute atomic E-state index is 12.7. The van der Waals surface area contributed by atoms with Crippen LogP contribution in [0, 0.1) is 5.92 Å². The van der Waals surface area contributed by atoms with Gasteiger partial charge in [-0.2, -0.15) is 0 Å². The van der Waals surface area contributed by atoms with Gasteiger partial charge in [0.2, 0.25) is 0 Å². The predicted octanol–water partition coefficient (Wildman–Crippen LogP) is 1.16. The second-order valence-electron chi connectivity index (χ2n) is 8.64. The van der Waals surface area contributed by atoms with E-state index in [1.54, 1.807) is 4.90 Å². The van der Waals surface area contributed by atoms with Crippen molar-refractivity contribution in [2.45, 2.75) is 25.9 Å². The highest BCUT2D eigenvalue weighted by molar-refractivity contribution is 6.33. The van der Waals surface area contributed by atoms with E-state index >= 15 is 0 Å². The van der Waals surface area contributed by atoms with Crippen molar-refractivity contribution >= 4 is 35.1 Å². The van der Waals surface area contributed by atoms with Crippen molar-refractivity contribution in [3.05, 3.63) is 22.7 Å². The van der Waals surface area contributed by atoms with Crippen LogP contribution in [0.3, 0.4) is 0 Å². The first-order chi connectivity index (χ1) is 16.3. The molecule has 3 rings (SSSR count). The minimum absolute atomic E-state index is 0.127. The lowest BCUT2D eigenvalue weighted by Crippen LogP contribution is -2.50. The molecule has 2 saturated heterocycles. The third-order valence-electron chi connectivity index (χ3n) is 6.16. The number of carbonyl (C=O) groups excluding carboxylic acids is 3. The number of hydrogen-bond acceptors (Lipinski definition) is 8. The quantitative estimate of drug-likeness (QED) is 0.406. The summed E-state index contributed by atoms with van der Waals surface area (Å²) in [6.07, 6.45) is 1.68. The van der Waals surface area contributed by atoms with Crippen LogP contribution in [0.5, 0.6) is 5.75 Å². The lowest BCUT2D eigenvalue weighted by Gasteiger charge is -2.38. The Balaban J connectivity index is 1.43. The van der Waals surface area contributed by atoms with Crippen LogP contribution >= 0.6 is 11.6 Å². The molecule has 1 aromatic carbocycles. The van der Waals surface area contributed by atoms with Crippen LogP contribution in [0.15, 0.2) is 12.1 Å². The second kappa shape index (κ2) is 12.2. The number of carbonyl (C=O) groups is 3. The predicted molar refractivity (Wildman–Crippen MR) is 127 cm³/mol. The van der Waals surface area contributed by atoms with Gasteiger partial charge in [-0.3, -0.25) is 19.3 Å². The Bertz CT molecular complexity index is 890. The fraction of sp³-hybridized carbons (Fsp3) is 0.609. The molecule has 0 unspecified atom stereocenters. The van der Waals surface area contributed by atoms with Gasteiger partial charge in [0.1, 0.15) is 5.75 Å². The van der Waals surface area contributed by atoms with E-state index in [4.69, 9.17) is 31.5 Å². The number of nitrogens with two attached hydrogens (primary N) is 1. The van der Waals surface area contributed by atoms with E-state index in [1.807, 2.05) is 0 Å². The summed E-state index contributed by atoms with van der Waals surface area (Å²) in [6, 6.07) is 3.04. The molecule has 2 heterocycles. The largest absolute Gasteiger partial charge is 0.496 e. The third kappa shape index (κ3) is 7.22. The molecule has 11 heteroatoms. The zero-order chi connectivity index (χ0) is 24.7. The number of benzene rings is 1. The molecular weight excluding hydrogens is 464 g/mol. The molecule has 1 atom stereocenters. The Morgan fingerprint density at radius 1 is 1.24 bits per heavy atom. The molecule has 0 bridgehead atoms. The number of esters is 1. The maximum atomic E-state index is 12.7. The van der Waals surface area contributed by atoms with Crippen LogP contribution in [0.1, 0.15) is 30.1 Å². The fourth-order valence-corrected chi connectivity index (χ4v) is 4.44. The number of halogens is 1. The standard InChI is InChI=1S/C23H33ClN4O6/c1-15(29)34-14-22(30)28-5-3-16(4-6-28)12-27-7-8-33-17(13-27)11-26-23(31)18-9-19(24)20(25)10-21(18)32-2/h9-10,16-17H,3-8,11-14,25H2,1-2H3,(H,26,31)/t17-/m0/s1. The van der Waals surface area contributed by atoms with Crippen molar-refractivity contribution < 1.29 is 28.6 Å². The van der Waals surface area contributed by atoms with Gasteiger partial charge in [-0.05, 0) is 24.8 Å². The van der Waals surface area contributed by atoms with Gasteiger partial charge in [0.05, 0.1) is 36.1 Å². The van der Waals surface area contributed by atoms with Gasteiger partial charge < -0.3 is 30.2 Å². The Morgan fingerprint density at radius 3 is 2.65 bits per heavy atom. The Labute approximate surface area is 204 Å². The highest BCUT2D eigenvalue weighted by Crippen LogP contribution is 2.28. The lowest BCUT2D eigenvalue weighted by atomic mass is 9.95. The van der Waals surface area contributed by atoms with E-state index in [2.05, 4.69) is 10.2 Å². The fourth-order valence-electron chi connectivity index (χ4n) is 4.27. The van der Waals surface area contributed by atoms with E-state index in [1.165, 1.54) is 26.2 Å². The number of ether oxygens (including phenoxy) is 3. The van der Waals surface area contributed by atoms with Gasteiger partial charge in [0.15, 0.2) is 6.61 Å². The number of rotatable bonds is 8. The summed E-state index contributed by atoms with van der Waals surface area (Å²) < 4.78 is 15.9. The van der Waals surface area contributed by atoms with Gasteiger partial charge in [0.25, 0.3) is 11.8 Å². The number of nitrogens with zero attached hydrogens (tertiary/aromatic N) is 2. The number of nitrogen functional groups attached to an aromatic ring is 1. The summed E-state index contributed by atoms with van der Waals surface area (Å²) in [5, 5.41) is 3.20. The summed E-state index contributed by atoms with van der Waals surface area (Å²) in [5.74, 6) is -0.0478. The van der Waals surface area contributed by atoms with Crippen molar-refractivity contribution in [2.75, 3.05) is 65.3 Å². The Morgan fingerprint density at radius 2 is 1.97 bits per heavy atom. The van der Waals surface area contributed by atoms with Gasteiger partial charge in [-0.1, -0.05) is 11.6 Å². The molecule has 0 spiro atoms. The molecule has 2 aliphatic heterocycles. The number of hydrogen-bond donors (Lipinski definition) is 2. The molecule has 0 aliphatic carbocycles. The van der Waals surface area contributed by atoms with Gasteiger partial charge >= 0.3 is 5.97 Å². The number of likely N-dealkylation sites (tertiary alicyclic amines) is 1. The monoisotopic (exact) mass is 496 g/mol. The molecule has 1 aromatic rings. The van der Waals surface area contributed by atoms with Crippen LogP contribution in [-0.2, 0) is 19.1 Å². The van der Waals surface area contributed by atoms with Crippen molar-refractivity contribution in [1.82, 2.24) is 15.1 Å². The van der Waals surface area contributed by atoms with Crippen LogP contribution < -0.4 is 15.8 Å². The minimum Gasteiger partial charge on any atom is -0.496 e. The van der Waals surface area contributed by atoms with Crippen molar-refractivity contribution in [1.29, 1.82) is 0 Å². The summed E-state index contributed by atoms with van der Waals surface area (Å²) in [5.41, 5.74) is 6.46. The summed E-state index contributed by atoms with van der Waals surface area (Å²) in [7, 11) is 1.47. The molecule has 0 aromatic heterocycles. The third-order valence-corrected chi connectivity index (χ3v) is 6.49. The first-order valence-electron chi connectivity index (χ1n) is 11.4. The van der Waals surface area contributed by atoms with Crippen molar-refractivity contribution in [2.24, 2.45) is 5.92 Å². The van der Waals surface area contributed by atoms with Gasteiger partial charge in [-0.15, -0.1) is 0 Å². The zero-order valence-corrected chi connectivity index (χ0v) is 20.4. The smallest absolute Gasteiger partial charge is 0.303 e. The first kappa shape index (κ1) is 26.1. The number of morpholine rings is 1. The Hall–Kier alpha value is -2.56. The average molecular weight is 497 g/mol. The van der Waals surface area contributed by atoms with E-state index in [9.17, 15) is 14.4 Å². The molecule has 0 radical (unpaired) electrons. The number of methoxy groups -OCH3 is 1. The number of piperidine rings is 1. The molecule has 0 saturated carbocycles. The molecule has 2 amide bonds. The van der Waals surface area contributed by atoms with Crippen molar-refractivity contribution in [3.8, 4) is 5.75 Å². The zero-order valence-electron chi connectivity index (χ0n) is 19.7. The molecule has 2 fully saturated rings. The number of nitrogens with one attached hydrogen (secondary N) is 1. The number of anilines is 1. The van der Waals surface area contributed by atoms with E-state index in [0.717, 1.165) is 25.9 Å². The topological polar surface area (TPSA) is 123 Å². The summed E-state index contributed by atoms with van der Waals surface area (Å²) in [4.78, 5) is 39.8. The van der Waals surface area contributed by atoms with Gasteiger partial charge in [-0.25, -0.2) is 0 Å². The SMILES string of the molecule is COc1cc(N)c(Cl)cc1C(=O)NC[C@H]1CN(CC2CCN(C(=O)COC(C)=O)CC2)CCO1. The second-order valence-corrected chi connectivity index (χ2v) is 9.05. The van der Waals surface area contributed by atoms with Crippen LogP contribution in [0.25, 0.3) is 0 Å². The highest BCUT2D eigenvalue weighted by atomic mass is 35.5. The van der Waals surface area contributed by atoms with Crippen LogP contribution in [-0.4, -0.2) is 93.3 Å². The average Bonchev–Trinajstić information content (AvgIpc) is 2.83. The molecule has 3 N–H and O–H groups in total. The van der Waals surface area contributed by atoms with Gasteiger partial charge in [0, 0.05) is 52.3 Å². The van der Waals surface area contributed by atoms with E-state index in [-0.39, 0.29) is 24.5 Å². The molecular formula is C23H33ClN4O6. The molecule has 34 heavy (non-hydrogen) atoms. The Kier molecular flexibility index (Phi) is 9.37. The summed E-state index contributed by atoms with van der Waals surface area (Å²) >= 11 is 6.07. The van der Waals surface area contributed by atoms with Crippen LogP contribution in [0.2, 0.25) is 5.02 Å². The highest BCUT2D eigenvalue weighted by Gasteiger charge is 2.28. The van der Waals surface area contributed by atoms with E-state index < -0.39 is 5.97 Å². The molecule has 2 aliphatic rings.